The minimum absolute atomic E-state index is 0.0464. The first-order valence-electron chi connectivity index (χ1n) is 13.8. The van der Waals surface area contributed by atoms with Crippen molar-refractivity contribution in [1.29, 1.82) is 0 Å². The number of benzene rings is 4. The molecule has 6 rings (SSSR count). The number of fused-ring (bicyclic) bond motifs is 2. The fourth-order valence-electron chi connectivity index (χ4n) is 5.08. The van der Waals surface area contributed by atoms with Crippen molar-refractivity contribution in [1.82, 2.24) is 15.0 Å². The zero-order chi connectivity index (χ0) is 37.0. The fraction of sp³-hybridized carbons (Fsp3) is 0. The normalized spacial score (nSPS) is 12.9. The molecule has 4 aromatic carbocycles. The quantitative estimate of drug-likeness (QED) is 0.121. The topological polar surface area (TPSA) is 307 Å². The molecule has 262 valence electrons. The Bertz CT molecular complexity index is 2660. The molecule has 5 N–H and O–H groups in total. The smallest absolute Gasteiger partial charge is 0.233 e. The highest BCUT2D eigenvalue weighted by molar-refractivity contribution is 7.86. The van der Waals surface area contributed by atoms with Crippen molar-refractivity contribution >= 4 is 93.9 Å². The molecular weight excluding hydrogens is 754 g/mol. The summed E-state index contributed by atoms with van der Waals surface area (Å²) in [6.07, 6.45) is 0. The highest BCUT2D eigenvalue weighted by Crippen LogP contribution is 2.40. The van der Waals surface area contributed by atoms with E-state index in [2.05, 4.69) is 30.9 Å². The number of rotatable bonds is 9. The summed E-state index contributed by atoms with van der Waals surface area (Å²) in [6.45, 7) is 0. The highest BCUT2D eigenvalue weighted by atomic mass is 35.5. The summed E-state index contributed by atoms with van der Waals surface area (Å²) in [4.78, 5) is 36.3. The van der Waals surface area contributed by atoms with Crippen LogP contribution in [0, 0.1) is 0 Å². The molecule has 0 saturated heterocycles. The number of nitrogen functional groups attached to an aromatic ring is 1. The second-order valence-electron chi connectivity index (χ2n) is 10.5. The Morgan fingerprint density at radius 2 is 1.14 bits per heavy atom. The maximum Gasteiger partial charge on any atom is 0.233 e. The molecule has 0 atom stereocenters. The molecule has 0 bridgehead atoms. The molecule has 0 radical (unpaired) electrons. The van der Waals surface area contributed by atoms with Gasteiger partial charge in [-0.1, -0.05) is 24.3 Å². The maximum absolute atomic E-state index is 13.6. The SMILES string of the molecule is Nc1c(S(=O)(=O)[O-])cc(Nc2ccc(Nc3nc(Cl)nc(Nc4ccc(S(=O)(=O)[O-])cc4)n3)c(S(=O)(=O)[O-])c2)c2c1C(=O)c1ccccc1C2=O. The van der Waals surface area contributed by atoms with Gasteiger partial charge in [0.1, 0.15) is 30.4 Å². The molecule has 0 amide bonds. The number of hydrogen-bond donors (Lipinski definition) is 4. The second kappa shape index (κ2) is 12.6. The Kier molecular flexibility index (Phi) is 8.75. The van der Waals surface area contributed by atoms with E-state index in [1.807, 2.05) is 0 Å². The monoisotopic (exact) mass is 770 g/mol. The van der Waals surface area contributed by atoms with Gasteiger partial charge in [0.25, 0.3) is 0 Å². The molecule has 1 aromatic heterocycles. The molecule has 1 heterocycles. The van der Waals surface area contributed by atoms with Crippen LogP contribution in [0.3, 0.4) is 0 Å². The van der Waals surface area contributed by atoms with E-state index >= 15 is 0 Å². The molecule has 0 fully saturated rings. The first-order chi connectivity index (χ1) is 23.8. The average molecular weight is 771 g/mol. The van der Waals surface area contributed by atoms with E-state index in [1.54, 1.807) is 0 Å². The third-order valence-corrected chi connectivity index (χ3v) is 10.0. The van der Waals surface area contributed by atoms with Gasteiger partial charge in [-0.25, -0.2) is 25.3 Å². The summed E-state index contributed by atoms with van der Waals surface area (Å²) in [5.74, 6) is -2.20. The van der Waals surface area contributed by atoms with Crippen molar-refractivity contribution in [2.45, 2.75) is 14.7 Å². The zero-order valence-electron chi connectivity index (χ0n) is 24.9. The lowest BCUT2D eigenvalue weighted by Gasteiger charge is -2.25. The minimum Gasteiger partial charge on any atom is -0.744 e. The number of halogens is 1. The third kappa shape index (κ3) is 7.07. The van der Waals surface area contributed by atoms with Crippen molar-refractivity contribution in [2.75, 3.05) is 21.7 Å². The van der Waals surface area contributed by atoms with Gasteiger partial charge in [-0.05, 0) is 60.1 Å². The molecule has 0 spiro atoms. The van der Waals surface area contributed by atoms with Crippen molar-refractivity contribution in [3.8, 4) is 0 Å². The molecule has 5 aromatic rings. The Labute approximate surface area is 293 Å². The first-order valence-corrected chi connectivity index (χ1v) is 18.4. The van der Waals surface area contributed by atoms with Crippen molar-refractivity contribution < 1.29 is 48.5 Å². The number of aromatic nitrogens is 3. The lowest BCUT2D eigenvalue weighted by atomic mass is 9.82. The Morgan fingerprint density at radius 3 is 1.71 bits per heavy atom. The van der Waals surface area contributed by atoms with Gasteiger partial charge in [-0.15, -0.1) is 0 Å². The molecule has 0 unspecified atom stereocenters. The molecule has 0 aliphatic heterocycles. The number of hydrogen-bond acceptors (Lipinski definition) is 18. The molecule has 18 nitrogen and oxygen atoms in total. The van der Waals surface area contributed by atoms with Crippen LogP contribution in [0.5, 0.6) is 0 Å². The lowest BCUT2D eigenvalue weighted by molar-refractivity contribution is 0.0980. The average Bonchev–Trinajstić information content (AvgIpc) is 3.03. The Hall–Kier alpha value is -5.55. The van der Waals surface area contributed by atoms with Crippen LogP contribution in [0.2, 0.25) is 5.28 Å². The first kappa shape index (κ1) is 35.3. The van der Waals surface area contributed by atoms with Gasteiger partial charge in [0.2, 0.25) is 17.2 Å². The Morgan fingerprint density at radius 1 is 0.588 bits per heavy atom. The summed E-state index contributed by atoms with van der Waals surface area (Å²) < 4.78 is 107. The van der Waals surface area contributed by atoms with E-state index in [0.29, 0.717) is 0 Å². The van der Waals surface area contributed by atoms with Gasteiger partial charge in [-0.3, -0.25) is 9.59 Å². The standard InChI is InChI=1S/C29H20ClN7O11S3/c30-27-35-28(33-13-5-8-15(9-6-13)49(40,41)42)37-29(36-27)34-18-10-7-14(11-20(18)50(43,44)45)32-19-12-21(51(46,47)48)24(31)23-22(19)25(38)16-3-1-2-4-17(16)26(23)39/h1-12,32H,31H2,(H,40,41,42)(H,43,44,45)(H,46,47,48)(H2,33,34,35,36,37)/p-3. The van der Waals surface area contributed by atoms with E-state index in [9.17, 15) is 48.5 Å². The molecule has 0 saturated carbocycles. The van der Waals surface area contributed by atoms with Gasteiger partial charge in [0, 0.05) is 22.5 Å². The number of nitrogens with one attached hydrogen (secondary N) is 3. The fourth-order valence-corrected chi connectivity index (χ4v) is 7.00. The second-order valence-corrected chi connectivity index (χ2v) is 14.9. The molecule has 1 aliphatic rings. The van der Waals surface area contributed by atoms with Gasteiger partial charge in [-0.2, -0.15) is 15.0 Å². The maximum atomic E-state index is 13.6. The van der Waals surface area contributed by atoms with Crippen LogP contribution >= 0.6 is 11.6 Å². The van der Waals surface area contributed by atoms with Crippen LogP contribution < -0.4 is 21.7 Å². The van der Waals surface area contributed by atoms with Gasteiger partial charge in [0.05, 0.1) is 42.9 Å². The predicted octanol–water partition coefficient (Wildman–Crippen LogP) is 2.83. The third-order valence-electron chi connectivity index (χ3n) is 7.25. The van der Waals surface area contributed by atoms with Crippen LogP contribution in [0.25, 0.3) is 0 Å². The molecular formula is C29H17ClN7O11S3-3. The minimum atomic E-state index is -5.31. The number of ketones is 2. The number of anilines is 7. The van der Waals surface area contributed by atoms with Crippen molar-refractivity contribution in [3.63, 3.8) is 0 Å². The predicted molar refractivity (Wildman–Crippen MR) is 176 cm³/mol. The van der Waals surface area contributed by atoms with Crippen LogP contribution in [-0.2, 0) is 30.4 Å². The summed E-state index contributed by atoms with van der Waals surface area (Å²) >= 11 is 6.00. The summed E-state index contributed by atoms with van der Waals surface area (Å²) in [5, 5.41) is 7.43. The largest absolute Gasteiger partial charge is 0.744 e. The Balaban J connectivity index is 1.37. The van der Waals surface area contributed by atoms with E-state index in [4.69, 9.17) is 17.3 Å². The van der Waals surface area contributed by atoms with E-state index in [1.165, 1.54) is 42.5 Å². The molecule has 22 heteroatoms. The molecule has 1 aliphatic carbocycles. The van der Waals surface area contributed by atoms with Crippen LogP contribution in [0.1, 0.15) is 31.8 Å². The van der Waals surface area contributed by atoms with Gasteiger partial charge >= 0.3 is 0 Å². The van der Waals surface area contributed by atoms with E-state index in [-0.39, 0.29) is 40.1 Å². The number of carbonyl (C=O) groups is 2. The number of nitrogens with two attached hydrogens (primary N) is 1. The van der Waals surface area contributed by atoms with Gasteiger partial charge < -0.3 is 35.3 Å². The summed E-state index contributed by atoms with van der Waals surface area (Å²) in [5.41, 5.74) is 3.32. The van der Waals surface area contributed by atoms with Crippen LogP contribution in [0.4, 0.5) is 40.3 Å². The summed E-state index contributed by atoms with van der Waals surface area (Å²) in [7, 11) is -15.3. The lowest BCUT2D eigenvalue weighted by Crippen LogP contribution is -2.25. The van der Waals surface area contributed by atoms with Crippen molar-refractivity contribution in [2.24, 2.45) is 0 Å². The highest BCUT2D eigenvalue weighted by Gasteiger charge is 2.35. The number of carbonyl (C=O) groups excluding carboxylic acids is 2. The van der Waals surface area contributed by atoms with Crippen LogP contribution in [-0.4, -0.2) is 65.4 Å². The number of nitrogens with zero attached hydrogens (tertiary/aromatic N) is 3. The van der Waals surface area contributed by atoms with E-state index in [0.717, 1.165) is 30.3 Å². The van der Waals surface area contributed by atoms with Crippen LogP contribution in [0.15, 0.2) is 87.5 Å². The van der Waals surface area contributed by atoms with Gasteiger partial charge in [0.15, 0.2) is 11.6 Å². The van der Waals surface area contributed by atoms with E-state index < -0.39 is 84.4 Å². The van der Waals surface area contributed by atoms with Crippen molar-refractivity contribution in [3.05, 3.63) is 100 Å². The summed E-state index contributed by atoms with van der Waals surface area (Å²) in [6, 6.07) is 14.0. The molecule has 51 heavy (non-hydrogen) atoms. The zero-order valence-corrected chi connectivity index (χ0v) is 28.1.